The van der Waals surface area contributed by atoms with Crippen LogP contribution in [0.2, 0.25) is 0 Å². The van der Waals surface area contributed by atoms with Gasteiger partial charge in [0.2, 0.25) is 0 Å². The molecule has 22 heavy (non-hydrogen) atoms. The van der Waals surface area contributed by atoms with Crippen LogP contribution in [0.3, 0.4) is 0 Å². The second kappa shape index (κ2) is 6.13. The molecular formula is C15H15N7. The Bertz CT molecular complexity index is 774. The van der Waals surface area contributed by atoms with Crippen molar-refractivity contribution in [2.75, 3.05) is 11.1 Å². The predicted octanol–water partition coefficient (Wildman–Crippen LogP) is 1.83. The Morgan fingerprint density at radius 2 is 2.05 bits per heavy atom. The van der Waals surface area contributed by atoms with Crippen LogP contribution in [0.5, 0.6) is 0 Å². The zero-order valence-corrected chi connectivity index (χ0v) is 12.1. The average Bonchev–Trinajstić information content (AvgIpc) is 2.53. The van der Waals surface area contributed by atoms with Crippen molar-refractivity contribution in [1.29, 1.82) is 0 Å². The van der Waals surface area contributed by atoms with Gasteiger partial charge in [0, 0.05) is 35.9 Å². The third-order valence-corrected chi connectivity index (χ3v) is 2.93. The molecule has 3 aromatic rings. The highest BCUT2D eigenvalue weighted by molar-refractivity contribution is 5.56. The maximum Gasteiger partial charge on any atom is 0.163 e. The van der Waals surface area contributed by atoms with Gasteiger partial charge in [-0.05, 0) is 25.1 Å². The van der Waals surface area contributed by atoms with E-state index in [1.807, 2.05) is 25.1 Å². The molecule has 0 atom stereocenters. The van der Waals surface area contributed by atoms with E-state index in [1.54, 1.807) is 24.7 Å². The summed E-state index contributed by atoms with van der Waals surface area (Å²) in [5.41, 5.74) is 7.38. The van der Waals surface area contributed by atoms with Crippen molar-refractivity contribution in [2.24, 2.45) is 0 Å². The van der Waals surface area contributed by atoms with Gasteiger partial charge in [-0.1, -0.05) is 0 Å². The number of nitrogens with two attached hydrogens (primary N) is 1. The Balaban J connectivity index is 1.81. The van der Waals surface area contributed by atoms with Gasteiger partial charge in [-0.3, -0.25) is 4.98 Å². The molecule has 7 nitrogen and oxygen atoms in total. The largest absolute Gasteiger partial charge is 0.384 e. The van der Waals surface area contributed by atoms with Gasteiger partial charge in [0.1, 0.15) is 17.5 Å². The number of pyridine rings is 1. The molecule has 3 rings (SSSR count). The minimum Gasteiger partial charge on any atom is -0.384 e. The SMILES string of the molecule is Cc1cc(NCc2nccc(N)n2)nc(-c2cccnc2)n1. The highest BCUT2D eigenvalue weighted by Crippen LogP contribution is 2.16. The molecule has 3 N–H and O–H groups in total. The lowest BCUT2D eigenvalue weighted by molar-refractivity contribution is 0.941. The first-order valence-electron chi connectivity index (χ1n) is 6.78. The first-order valence-corrected chi connectivity index (χ1v) is 6.78. The third kappa shape index (κ3) is 3.32. The second-order valence-electron chi connectivity index (χ2n) is 4.71. The fraction of sp³-hybridized carbons (Fsp3) is 0.133. The Morgan fingerprint density at radius 3 is 2.82 bits per heavy atom. The van der Waals surface area contributed by atoms with Crippen molar-refractivity contribution in [3.05, 3.63) is 54.4 Å². The summed E-state index contributed by atoms with van der Waals surface area (Å²) in [7, 11) is 0. The van der Waals surface area contributed by atoms with E-state index in [-0.39, 0.29) is 0 Å². The molecule has 110 valence electrons. The van der Waals surface area contributed by atoms with Crippen molar-refractivity contribution >= 4 is 11.6 Å². The number of anilines is 2. The van der Waals surface area contributed by atoms with Crippen LogP contribution in [0, 0.1) is 6.92 Å². The number of hydrogen-bond donors (Lipinski definition) is 2. The smallest absolute Gasteiger partial charge is 0.163 e. The number of nitrogens with zero attached hydrogens (tertiary/aromatic N) is 5. The molecule has 0 aromatic carbocycles. The van der Waals surface area contributed by atoms with E-state index in [0.717, 1.165) is 11.3 Å². The van der Waals surface area contributed by atoms with Gasteiger partial charge in [-0.25, -0.2) is 19.9 Å². The van der Waals surface area contributed by atoms with Gasteiger partial charge in [0.15, 0.2) is 5.82 Å². The van der Waals surface area contributed by atoms with Gasteiger partial charge in [0.05, 0.1) is 6.54 Å². The summed E-state index contributed by atoms with van der Waals surface area (Å²) < 4.78 is 0. The van der Waals surface area contributed by atoms with Crippen LogP contribution in [0.15, 0.2) is 42.9 Å². The standard InChI is InChI=1S/C15H15N7/c1-10-7-13(19-9-14-18-6-4-12(16)21-14)22-15(20-10)11-3-2-5-17-8-11/h2-8H,9H2,1H3,(H2,16,18,21)(H,19,20,22). The Kier molecular flexibility index (Phi) is 3.86. The van der Waals surface area contributed by atoms with Crippen molar-refractivity contribution in [1.82, 2.24) is 24.9 Å². The first-order chi connectivity index (χ1) is 10.7. The molecule has 0 amide bonds. The second-order valence-corrected chi connectivity index (χ2v) is 4.71. The summed E-state index contributed by atoms with van der Waals surface area (Å²) >= 11 is 0. The van der Waals surface area contributed by atoms with Crippen LogP contribution in [-0.4, -0.2) is 24.9 Å². The molecule has 0 unspecified atom stereocenters. The number of hydrogen-bond acceptors (Lipinski definition) is 7. The first kappa shape index (κ1) is 13.9. The fourth-order valence-corrected chi connectivity index (χ4v) is 1.95. The number of nitrogen functional groups attached to an aromatic ring is 1. The average molecular weight is 293 g/mol. The van der Waals surface area contributed by atoms with E-state index >= 15 is 0 Å². The summed E-state index contributed by atoms with van der Waals surface area (Å²) in [6.07, 6.45) is 5.08. The molecule has 0 saturated carbocycles. The molecule has 3 heterocycles. The summed E-state index contributed by atoms with van der Waals surface area (Å²) in [5.74, 6) is 2.39. The topological polar surface area (TPSA) is 102 Å². The summed E-state index contributed by atoms with van der Waals surface area (Å²) in [6, 6.07) is 7.30. The normalized spacial score (nSPS) is 10.4. The fourth-order valence-electron chi connectivity index (χ4n) is 1.95. The van der Waals surface area contributed by atoms with Crippen LogP contribution >= 0.6 is 0 Å². The lowest BCUT2D eigenvalue weighted by Crippen LogP contribution is -2.08. The quantitative estimate of drug-likeness (QED) is 0.756. The molecule has 3 aromatic heterocycles. The summed E-state index contributed by atoms with van der Waals surface area (Å²) in [6.45, 7) is 2.36. The van der Waals surface area contributed by atoms with Crippen molar-refractivity contribution in [3.63, 3.8) is 0 Å². The van der Waals surface area contributed by atoms with Crippen molar-refractivity contribution in [2.45, 2.75) is 13.5 Å². The third-order valence-electron chi connectivity index (χ3n) is 2.93. The van der Waals surface area contributed by atoms with E-state index in [2.05, 4.69) is 30.2 Å². The lowest BCUT2D eigenvalue weighted by Gasteiger charge is -2.08. The number of aryl methyl sites for hydroxylation is 1. The van der Waals surface area contributed by atoms with Crippen LogP contribution in [0.4, 0.5) is 11.6 Å². The number of aromatic nitrogens is 5. The summed E-state index contributed by atoms with van der Waals surface area (Å²) in [5, 5.41) is 3.19. The van der Waals surface area contributed by atoms with E-state index in [9.17, 15) is 0 Å². The zero-order chi connectivity index (χ0) is 15.4. The number of nitrogens with one attached hydrogen (secondary N) is 1. The van der Waals surface area contributed by atoms with Gasteiger partial charge in [-0.2, -0.15) is 0 Å². The van der Waals surface area contributed by atoms with Gasteiger partial charge >= 0.3 is 0 Å². The molecule has 0 spiro atoms. The maximum atomic E-state index is 5.64. The lowest BCUT2D eigenvalue weighted by atomic mass is 10.2. The molecule has 0 aliphatic carbocycles. The highest BCUT2D eigenvalue weighted by atomic mass is 15.1. The van der Waals surface area contributed by atoms with Crippen molar-refractivity contribution < 1.29 is 0 Å². The molecule has 7 heteroatoms. The van der Waals surface area contributed by atoms with Gasteiger partial charge < -0.3 is 11.1 Å². The Hall–Kier alpha value is -3.09. The van der Waals surface area contributed by atoms with Crippen molar-refractivity contribution in [3.8, 4) is 11.4 Å². The minimum atomic E-state index is 0.438. The molecule has 0 bridgehead atoms. The minimum absolute atomic E-state index is 0.438. The van der Waals surface area contributed by atoms with E-state index in [0.29, 0.717) is 29.8 Å². The van der Waals surface area contributed by atoms with Gasteiger partial charge in [0.25, 0.3) is 0 Å². The van der Waals surface area contributed by atoms with Crippen LogP contribution < -0.4 is 11.1 Å². The highest BCUT2D eigenvalue weighted by Gasteiger charge is 2.06. The predicted molar refractivity (Wildman–Crippen MR) is 83.8 cm³/mol. The van der Waals surface area contributed by atoms with Crippen LogP contribution in [0.1, 0.15) is 11.5 Å². The van der Waals surface area contributed by atoms with Crippen LogP contribution in [0.25, 0.3) is 11.4 Å². The molecule has 0 radical (unpaired) electrons. The van der Waals surface area contributed by atoms with Crippen LogP contribution in [-0.2, 0) is 6.54 Å². The molecular weight excluding hydrogens is 278 g/mol. The Labute approximate surface area is 127 Å². The molecule has 0 fully saturated rings. The zero-order valence-electron chi connectivity index (χ0n) is 12.1. The molecule has 0 saturated heterocycles. The maximum absolute atomic E-state index is 5.64. The van der Waals surface area contributed by atoms with E-state index < -0.39 is 0 Å². The monoisotopic (exact) mass is 293 g/mol. The summed E-state index contributed by atoms with van der Waals surface area (Å²) in [4.78, 5) is 21.3. The Morgan fingerprint density at radius 1 is 1.14 bits per heavy atom. The number of rotatable bonds is 4. The van der Waals surface area contributed by atoms with E-state index in [4.69, 9.17) is 5.73 Å². The molecule has 0 aliphatic heterocycles. The van der Waals surface area contributed by atoms with Gasteiger partial charge in [-0.15, -0.1) is 0 Å². The van der Waals surface area contributed by atoms with E-state index in [1.165, 1.54) is 0 Å². The molecule has 0 aliphatic rings.